The number of nitrogens with zero attached hydrogens (tertiary/aromatic N) is 1. The van der Waals surface area contributed by atoms with Gasteiger partial charge in [-0.2, -0.15) is 0 Å². The highest BCUT2D eigenvalue weighted by atomic mass is 32.2. The number of hydrogen-bond acceptors (Lipinski definition) is 5. The molecule has 2 rings (SSSR count). The number of nitrogens with one attached hydrogen (secondary N) is 2. The van der Waals surface area contributed by atoms with Crippen LogP contribution in [0.1, 0.15) is 17.2 Å². The van der Waals surface area contributed by atoms with E-state index in [0.29, 0.717) is 29.4 Å². The molecule has 0 amide bonds. The Balaban J connectivity index is 2.33. The molecule has 0 saturated heterocycles. The minimum Gasteiger partial charge on any atom is -0.464 e. The second-order valence-corrected chi connectivity index (χ2v) is 6.06. The van der Waals surface area contributed by atoms with Crippen LogP contribution in [0.4, 0.5) is 5.69 Å². The van der Waals surface area contributed by atoms with Crippen LogP contribution < -0.4 is 10.0 Å². The molecular weight excluding hydrogens is 278 g/mol. The van der Waals surface area contributed by atoms with Crippen molar-refractivity contribution in [3.05, 3.63) is 41.6 Å². The highest BCUT2D eigenvalue weighted by Gasteiger charge is 2.22. The highest BCUT2D eigenvalue weighted by Crippen LogP contribution is 2.23. The van der Waals surface area contributed by atoms with Crippen molar-refractivity contribution in [1.82, 2.24) is 10.3 Å². The molecule has 0 aliphatic rings. The Labute approximate surface area is 118 Å². The Morgan fingerprint density at radius 2 is 2.10 bits per heavy atom. The first kappa shape index (κ1) is 14.5. The summed E-state index contributed by atoms with van der Waals surface area (Å²) in [7, 11) is -1.91. The van der Waals surface area contributed by atoms with Crippen LogP contribution in [-0.4, -0.2) is 20.4 Å². The number of rotatable bonds is 5. The van der Waals surface area contributed by atoms with E-state index in [9.17, 15) is 8.42 Å². The topological polar surface area (TPSA) is 84.2 Å². The molecule has 0 unspecified atom stereocenters. The van der Waals surface area contributed by atoms with Crippen molar-refractivity contribution in [1.29, 1.82) is 0 Å². The van der Waals surface area contributed by atoms with Crippen LogP contribution in [0.2, 0.25) is 0 Å². The van der Waals surface area contributed by atoms with E-state index in [2.05, 4.69) is 15.0 Å². The molecule has 0 fully saturated rings. The van der Waals surface area contributed by atoms with Gasteiger partial charge in [-0.3, -0.25) is 9.71 Å². The summed E-state index contributed by atoms with van der Waals surface area (Å²) in [6.07, 6.45) is 1.61. The van der Waals surface area contributed by atoms with Crippen LogP contribution >= 0.6 is 0 Å². The summed E-state index contributed by atoms with van der Waals surface area (Å²) in [6, 6.07) is 4.88. The van der Waals surface area contributed by atoms with Gasteiger partial charge in [0.05, 0.1) is 17.9 Å². The van der Waals surface area contributed by atoms with Gasteiger partial charge >= 0.3 is 0 Å². The van der Waals surface area contributed by atoms with Crippen LogP contribution in [0.5, 0.6) is 0 Å². The zero-order valence-electron chi connectivity index (χ0n) is 11.6. The van der Waals surface area contributed by atoms with Gasteiger partial charge in [0.1, 0.15) is 16.4 Å². The quantitative estimate of drug-likeness (QED) is 0.879. The first-order valence-electron chi connectivity index (χ1n) is 6.12. The molecule has 0 bridgehead atoms. The standard InChI is InChI=1S/C13H17N3O3S/c1-9-12(5-4-6-15-9)16-20(17,18)13-7-11(8-14-3)19-10(13)2/h4-7,14,16H,8H2,1-3H3. The monoisotopic (exact) mass is 295 g/mol. The van der Waals surface area contributed by atoms with Gasteiger partial charge in [-0.1, -0.05) is 0 Å². The molecule has 0 aliphatic carbocycles. The molecule has 2 aromatic rings. The fourth-order valence-electron chi connectivity index (χ4n) is 1.84. The third-order valence-corrected chi connectivity index (χ3v) is 4.29. The van der Waals surface area contributed by atoms with Gasteiger partial charge in [0.25, 0.3) is 10.0 Å². The average Bonchev–Trinajstić information content (AvgIpc) is 2.74. The minimum atomic E-state index is -3.68. The lowest BCUT2D eigenvalue weighted by Gasteiger charge is -2.08. The Morgan fingerprint density at radius 1 is 1.35 bits per heavy atom. The van der Waals surface area contributed by atoms with E-state index in [1.807, 2.05) is 0 Å². The van der Waals surface area contributed by atoms with Crippen LogP contribution in [0, 0.1) is 13.8 Å². The van der Waals surface area contributed by atoms with Crippen molar-refractivity contribution < 1.29 is 12.8 Å². The fraction of sp³-hybridized carbons (Fsp3) is 0.308. The summed E-state index contributed by atoms with van der Waals surface area (Å²) in [6.45, 7) is 3.85. The summed E-state index contributed by atoms with van der Waals surface area (Å²) in [4.78, 5) is 4.20. The lowest BCUT2D eigenvalue weighted by Crippen LogP contribution is -2.14. The lowest BCUT2D eigenvalue weighted by molar-refractivity contribution is 0.466. The predicted molar refractivity (Wildman–Crippen MR) is 76.0 cm³/mol. The van der Waals surface area contributed by atoms with E-state index in [0.717, 1.165) is 0 Å². The summed E-state index contributed by atoms with van der Waals surface area (Å²) in [5.41, 5.74) is 1.08. The molecule has 0 spiro atoms. The Bertz CT molecular complexity index is 707. The van der Waals surface area contributed by atoms with Crippen molar-refractivity contribution in [2.24, 2.45) is 0 Å². The first-order valence-corrected chi connectivity index (χ1v) is 7.60. The van der Waals surface area contributed by atoms with Crippen LogP contribution in [0.25, 0.3) is 0 Å². The Kier molecular flexibility index (Phi) is 4.10. The third kappa shape index (κ3) is 3.00. The van der Waals surface area contributed by atoms with Gasteiger partial charge in [0.2, 0.25) is 0 Å². The van der Waals surface area contributed by atoms with E-state index < -0.39 is 10.0 Å². The third-order valence-electron chi connectivity index (χ3n) is 2.82. The molecule has 0 aromatic carbocycles. The second kappa shape index (κ2) is 5.64. The Hall–Kier alpha value is -1.86. The number of pyridine rings is 1. The SMILES string of the molecule is CNCc1cc(S(=O)(=O)Nc2cccnc2C)c(C)o1. The van der Waals surface area contributed by atoms with E-state index in [-0.39, 0.29) is 4.90 Å². The van der Waals surface area contributed by atoms with E-state index in [4.69, 9.17) is 4.42 Å². The van der Waals surface area contributed by atoms with Gasteiger partial charge in [0.15, 0.2) is 0 Å². The minimum absolute atomic E-state index is 0.144. The van der Waals surface area contributed by atoms with Gasteiger partial charge in [0, 0.05) is 12.3 Å². The summed E-state index contributed by atoms with van der Waals surface area (Å²) in [5.74, 6) is 0.942. The molecule has 0 aliphatic heterocycles. The smallest absolute Gasteiger partial charge is 0.265 e. The van der Waals surface area contributed by atoms with Crippen molar-refractivity contribution in [2.45, 2.75) is 25.3 Å². The maximum Gasteiger partial charge on any atom is 0.265 e. The Morgan fingerprint density at radius 3 is 2.75 bits per heavy atom. The molecule has 0 radical (unpaired) electrons. The highest BCUT2D eigenvalue weighted by molar-refractivity contribution is 7.92. The summed E-state index contributed by atoms with van der Waals surface area (Å²) in [5, 5.41) is 2.92. The zero-order chi connectivity index (χ0) is 14.8. The molecule has 20 heavy (non-hydrogen) atoms. The molecule has 0 atom stereocenters. The molecule has 2 N–H and O–H groups in total. The number of anilines is 1. The van der Waals surface area contributed by atoms with Crippen LogP contribution in [0.3, 0.4) is 0 Å². The van der Waals surface area contributed by atoms with Crippen molar-refractivity contribution in [2.75, 3.05) is 11.8 Å². The second-order valence-electron chi connectivity index (χ2n) is 4.41. The predicted octanol–water partition coefficient (Wildman–Crippen LogP) is 1.81. The van der Waals surface area contributed by atoms with E-state index in [1.165, 1.54) is 6.07 Å². The number of aryl methyl sites for hydroxylation is 2. The molecule has 6 nitrogen and oxygen atoms in total. The molecule has 7 heteroatoms. The fourth-order valence-corrected chi connectivity index (χ4v) is 3.17. The van der Waals surface area contributed by atoms with Crippen molar-refractivity contribution >= 4 is 15.7 Å². The zero-order valence-corrected chi connectivity index (χ0v) is 12.4. The lowest BCUT2D eigenvalue weighted by atomic mass is 10.3. The maximum absolute atomic E-state index is 12.4. The van der Waals surface area contributed by atoms with E-state index >= 15 is 0 Å². The molecule has 2 heterocycles. The number of hydrogen-bond donors (Lipinski definition) is 2. The van der Waals surface area contributed by atoms with Crippen molar-refractivity contribution in [3.63, 3.8) is 0 Å². The molecular formula is C13H17N3O3S. The number of aromatic nitrogens is 1. The van der Waals surface area contributed by atoms with E-state index in [1.54, 1.807) is 39.2 Å². The van der Waals surface area contributed by atoms with Crippen LogP contribution in [0.15, 0.2) is 33.7 Å². The number of sulfonamides is 1. The summed E-state index contributed by atoms with van der Waals surface area (Å²) >= 11 is 0. The van der Waals surface area contributed by atoms with Crippen molar-refractivity contribution in [3.8, 4) is 0 Å². The van der Waals surface area contributed by atoms with Gasteiger partial charge in [-0.15, -0.1) is 0 Å². The van der Waals surface area contributed by atoms with Gasteiger partial charge in [-0.25, -0.2) is 8.42 Å². The summed E-state index contributed by atoms with van der Waals surface area (Å²) < 4.78 is 32.7. The largest absolute Gasteiger partial charge is 0.464 e. The average molecular weight is 295 g/mol. The molecule has 0 saturated carbocycles. The van der Waals surface area contributed by atoms with Gasteiger partial charge in [-0.05, 0) is 33.0 Å². The number of furan rings is 1. The first-order chi connectivity index (χ1) is 9.44. The van der Waals surface area contributed by atoms with Gasteiger partial charge < -0.3 is 9.73 Å². The molecule has 108 valence electrons. The molecule has 2 aromatic heterocycles. The van der Waals surface area contributed by atoms with Crippen LogP contribution in [-0.2, 0) is 16.6 Å². The normalized spacial score (nSPS) is 11.6. The maximum atomic E-state index is 12.4.